The molecule has 0 radical (unpaired) electrons. The fourth-order valence-corrected chi connectivity index (χ4v) is 1.08. The summed E-state index contributed by atoms with van der Waals surface area (Å²) in [6.07, 6.45) is 0. The van der Waals surface area contributed by atoms with Gasteiger partial charge in [0.2, 0.25) is 0 Å². The fraction of sp³-hybridized carbons (Fsp3) is 0.364. The van der Waals surface area contributed by atoms with Crippen molar-refractivity contribution in [3.63, 3.8) is 0 Å². The number of para-hydroxylation sites is 1. The van der Waals surface area contributed by atoms with Crippen molar-refractivity contribution in [2.24, 2.45) is 5.73 Å². The van der Waals surface area contributed by atoms with Crippen LogP contribution in [0.5, 0.6) is 5.75 Å². The highest BCUT2D eigenvalue weighted by Gasteiger charge is 2.10. The van der Waals surface area contributed by atoms with Crippen LogP contribution in [0.1, 0.15) is 6.92 Å². The van der Waals surface area contributed by atoms with Crippen molar-refractivity contribution in [1.82, 2.24) is 4.90 Å². The molecule has 0 aliphatic carbocycles. The van der Waals surface area contributed by atoms with Crippen molar-refractivity contribution in [2.45, 2.75) is 13.0 Å². The molecule has 1 rings (SSSR count). The van der Waals surface area contributed by atoms with Crippen LogP contribution in [-0.2, 0) is 0 Å². The molecule has 15 heavy (non-hydrogen) atoms. The van der Waals surface area contributed by atoms with E-state index in [0.29, 0.717) is 6.61 Å². The number of benzene rings is 1. The highest BCUT2D eigenvalue weighted by atomic mass is 16.5. The summed E-state index contributed by atoms with van der Waals surface area (Å²) in [6.45, 7) is 2.48. The molecule has 0 heterocycles. The number of nitrogens with two attached hydrogens (primary N) is 1. The summed E-state index contributed by atoms with van der Waals surface area (Å²) in [4.78, 5) is 1.67. The molecule has 0 fully saturated rings. The number of likely N-dealkylation sites (N-methyl/N-ethyl adjacent to an activating group) is 1. The summed E-state index contributed by atoms with van der Waals surface area (Å²) < 4.78 is 5.55. The van der Waals surface area contributed by atoms with Crippen molar-refractivity contribution in [1.29, 1.82) is 5.41 Å². The van der Waals surface area contributed by atoms with Crippen molar-refractivity contribution in [3.8, 4) is 5.75 Å². The normalized spacial score (nSPS) is 11.9. The minimum Gasteiger partial charge on any atom is -0.491 e. The molecule has 0 amide bonds. The second kappa shape index (κ2) is 5.24. The summed E-state index contributed by atoms with van der Waals surface area (Å²) in [7, 11) is 1.78. The monoisotopic (exact) mass is 207 g/mol. The summed E-state index contributed by atoms with van der Waals surface area (Å²) >= 11 is 0. The van der Waals surface area contributed by atoms with Crippen LogP contribution in [0.3, 0.4) is 0 Å². The van der Waals surface area contributed by atoms with Gasteiger partial charge in [-0.25, -0.2) is 0 Å². The van der Waals surface area contributed by atoms with Crippen molar-refractivity contribution < 1.29 is 4.74 Å². The van der Waals surface area contributed by atoms with Gasteiger partial charge < -0.3 is 15.4 Å². The van der Waals surface area contributed by atoms with Crippen LogP contribution < -0.4 is 10.5 Å². The Kier molecular flexibility index (Phi) is 3.97. The Morgan fingerprint density at radius 3 is 2.60 bits per heavy atom. The maximum absolute atomic E-state index is 7.26. The molecule has 1 aromatic rings. The second-order valence-corrected chi connectivity index (χ2v) is 3.47. The lowest BCUT2D eigenvalue weighted by molar-refractivity contribution is 0.226. The maximum atomic E-state index is 7.26. The molecule has 0 saturated heterocycles. The number of rotatable bonds is 4. The molecule has 4 heteroatoms. The quantitative estimate of drug-likeness (QED) is 0.577. The standard InChI is InChI=1S/C11H17N3O/c1-9(14(2)11(12)13)8-15-10-6-4-3-5-7-10/h3-7,9H,8H2,1-2H3,(H3,12,13). The van der Waals surface area contributed by atoms with E-state index in [0.717, 1.165) is 5.75 Å². The molecule has 0 aliphatic heterocycles. The lowest BCUT2D eigenvalue weighted by Crippen LogP contribution is -2.42. The molecule has 1 atom stereocenters. The predicted octanol–water partition coefficient (Wildman–Crippen LogP) is 1.28. The van der Waals surface area contributed by atoms with Gasteiger partial charge in [0, 0.05) is 7.05 Å². The van der Waals surface area contributed by atoms with Gasteiger partial charge in [-0.3, -0.25) is 5.41 Å². The molecule has 1 unspecified atom stereocenters. The average Bonchev–Trinajstić information content (AvgIpc) is 2.26. The first-order valence-electron chi connectivity index (χ1n) is 4.86. The SMILES string of the molecule is CC(COc1ccccc1)N(C)C(=N)N. The molecule has 0 aromatic heterocycles. The summed E-state index contributed by atoms with van der Waals surface area (Å²) in [6, 6.07) is 9.69. The summed E-state index contributed by atoms with van der Waals surface area (Å²) in [5.74, 6) is 0.889. The molecular formula is C11H17N3O. The van der Waals surface area contributed by atoms with Crippen LogP contribution >= 0.6 is 0 Å². The smallest absolute Gasteiger partial charge is 0.188 e. The van der Waals surface area contributed by atoms with Gasteiger partial charge >= 0.3 is 0 Å². The van der Waals surface area contributed by atoms with E-state index < -0.39 is 0 Å². The Hall–Kier alpha value is -1.71. The van der Waals surface area contributed by atoms with Gasteiger partial charge in [-0.1, -0.05) is 18.2 Å². The van der Waals surface area contributed by atoms with E-state index in [1.54, 1.807) is 11.9 Å². The van der Waals surface area contributed by atoms with Crippen LogP contribution in [0.4, 0.5) is 0 Å². The lowest BCUT2D eigenvalue weighted by atomic mass is 10.3. The van der Waals surface area contributed by atoms with Crippen LogP contribution in [0.15, 0.2) is 30.3 Å². The van der Waals surface area contributed by atoms with E-state index in [4.69, 9.17) is 15.9 Å². The van der Waals surface area contributed by atoms with Crippen LogP contribution in [0.2, 0.25) is 0 Å². The average molecular weight is 207 g/mol. The fourth-order valence-electron chi connectivity index (χ4n) is 1.08. The molecule has 82 valence electrons. The molecule has 0 aliphatic rings. The Labute approximate surface area is 90.2 Å². The molecule has 4 nitrogen and oxygen atoms in total. The summed E-state index contributed by atoms with van der Waals surface area (Å²) in [5, 5.41) is 7.26. The highest BCUT2D eigenvalue weighted by Crippen LogP contribution is 2.09. The number of hydrogen-bond acceptors (Lipinski definition) is 2. The van der Waals surface area contributed by atoms with Crippen molar-refractivity contribution >= 4 is 5.96 Å². The third-order valence-corrected chi connectivity index (χ3v) is 2.28. The Morgan fingerprint density at radius 1 is 1.47 bits per heavy atom. The maximum Gasteiger partial charge on any atom is 0.188 e. The Bertz CT molecular complexity index is 313. The van der Waals surface area contributed by atoms with E-state index in [-0.39, 0.29) is 12.0 Å². The lowest BCUT2D eigenvalue weighted by Gasteiger charge is -2.24. The number of nitrogens with zero attached hydrogens (tertiary/aromatic N) is 1. The van der Waals surface area contributed by atoms with E-state index in [9.17, 15) is 0 Å². The van der Waals surface area contributed by atoms with Crippen LogP contribution in [0.25, 0.3) is 0 Å². The van der Waals surface area contributed by atoms with Gasteiger partial charge in [-0.05, 0) is 19.1 Å². The van der Waals surface area contributed by atoms with Crippen molar-refractivity contribution in [3.05, 3.63) is 30.3 Å². The van der Waals surface area contributed by atoms with E-state index in [1.807, 2.05) is 37.3 Å². The zero-order valence-corrected chi connectivity index (χ0v) is 9.10. The molecule has 0 saturated carbocycles. The van der Waals surface area contributed by atoms with E-state index in [1.165, 1.54) is 0 Å². The zero-order chi connectivity index (χ0) is 11.3. The van der Waals surface area contributed by atoms with Gasteiger partial charge in [-0.15, -0.1) is 0 Å². The first kappa shape index (κ1) is 11.4. The largest absolute Gasteiger partial charge is 0.491 e. The van der Waals surface area contributed by atoms with E-state index in [2.05, 4.69) is 0 Å². The second-order valence-electron chi connectivity index (χ2n) is 3.47. The predicted molar refractivity (Wildman–Crippen MR) is 61.1 cm³/mol. The third-order valence-electron chi connectivity index (χ3n) is 2.28. The van der Waals surface area contributed by atoms with Gasteiger partial charge in [-0.2, -0.15) is 0 Å². The van der Waals surface area contributed by atoms with E-state index >= 15 is 0 Å². The zero-order valence-electron chi connectivity index (χ0n) is 9.10. The molecule has 0 spiro atoms. The van der Waals surface area contributed by atoms with Crippen LogP contribution in [-0.4, -0.2) is 30.6 Å². The molecular weight excluding hydrogens is 190 g/mol. The first-order valence-corrected chi connectivity index (χ1v) is 4.86. The molecule has 1 aromatic carbocycles. The minimum absolute atomic E-state index is 0.0548. The first-order chi connectivity index (χ1) is 7.11. The Balaban J connectivity index is 2.41. The third kappa shape index (κ3) is 3.50. The number of ether oxygens (including phenoxy) is 1. The highest BCUT2D eigenvalue weighted by molar-refractivity contribution is 5.74. The summed E-state index contributed by atoms with van der Waals surface area (Å²) in [5.41, 5.74) is 5.36. The molecule has 0 bridgehead atoms. The minimum atomic E-state index is 0.0548. The van der Waals surface area contributed by atoms with Crippen molar-refractivity contribution in [2.75, 3.05) is 13.7 Å². The van der Waals surface area contributed by atoms with Gasteiger partial charge in [0.15, 0.2) is 5.96 Å². The van der Waals surface area contributed by atoms with Gasteiger partial charge in [0.05, 0.1) is 6.04 Å². The number of guanidine groups is 1. The molecule has 3 N–H and O–H groups in total. The van der Waals surface area contributed by atoms with Crippen LogP contribution in [0, 0.1) is 5.41 Å². The van der Waals surface area contributed by atoms with Gasteiger partial charge in [0.1, 0.15) is 12.4 Å². The Morgan fingerprint density at radius 2 is 2.07 bits per heavy atom. The van der Waals surface area contributed by atoms with Gasteiger partial charge in [0.25, 0.3) is 0 Å². The number of nitrogens with one attached hydrogen (secondary N) is 1. The number of hydrogen-bond donors (Lipinski definition) is 2. The topological polar surface area (TPSA) is 62.3 Å².